The monoisotopic (exact) mass is 382 g/mol. The minimum Gasteiger partial charge on any atom is -0.206 e. The third-order valence-corrected chi connectivity index (χ3v) is 4.43. The van der Waals surface area contributed by atoms with E-state index in [0.717, 1.165) is 36.1 Å². The number of hydrogen-bond donors (Lipinski definition) is 0. The zero-order chi connectivity index (χ0) is 20.3. The average Bonchev–Trinajstić information content (AvgIpc) is 2.66. The summed E-state index contributed by atoms with van der Waals surface area (Å²) in [5, 5.41) is 0. The van der Waals surface area contributed by atoms with Gasteiger partial charge in [-0.2, -0.15) is 0 Å². The summed E-state index contributed by atoms with van der Waals surface area (Å²) in [6.45, 7) is 3.83. The van der Waals surface area contributed by atoms with Crippen molar-refractivity contribution in [3.63, 3.8) is 0 Å². The van der Waals surface area contributed by atoms with Crippen LogP contribution in [0.4, 0.5) is 17.6 Å². The number of benzene rings is 3. The van der Waals surface area contributed by atoms with Crippen molar-refractivity contribution >= 4 is 0 Å². The molecule has 0 N–H and O–H groups in total. The van der Waals surface area contributed by atoms with Crippen LogP contribution in [0.2, 0.25) is 0 Å². The quantitative estimate of drug-likeness (QED) is 0.273. The summed E-state index contributed by atoms with van der Waals surface area (Å²) in [6, 6.07) is 12.7. The molecule has 0 bridgehead atoms. The Bertz CT molecular complexity index is 1020. The van der Waals surface area contributed by atoms with E-state index in [2.05, 4.69) is 18.8 Å². The van der Waals surface area contributed by atoms with Crippen LogP contribution in [0.15, 0.2) is 48.5 Å². The van der Waals surface area contributed by atoms with Crippen molar-refractivity contribution in [1.29, 1.82) is 0 Å². The van der Waals surface area contributed by atoms with E-state index < -0.39 is 23.3 Å². The Morgan fingerprint density at radius 1 is 0.750 bits per heavy atom. The normalized spacial score (nSPS) is 10.5. The molecule has 0 aliphatic heterocycles. The maximum absolute atomic E-state index is 14.6. The van der Waals surface area contributed by atoms with Crippen molar-refractivity contribution in [1.82, 2.24) is 0 Å². The molecule has 0 aliphatic carbocycles. The smallest absolute Gasteiger partial charge is 0.194 e. The molecule has 0 radical (unpaired) electrons. The molecule has 0 unspecified atom stereocenters. The van der Waals surface area contributed by atoms with E-state index >= 15 is 0 Å². The highest BCUT2D eigenvalue weighted by Crippen LogP contribution is 2.25. The third-order valence-electron chi connectivity index (χ3n) is 4.43. The lowest BCUT2D eigenvalue weighted by Crippen LogP contribution is -1.93. The number of aryl methyl sites for hydroxylation is 2. The van der Waals surface area contributed by atoms with Crippen molar-refractivity contribution in [2.75, 3.05) is 0 Å². The number of hydrogen-bond acceptors (Lipinski definition) is 0. The Kier molecular flexibility index (Phi) is 5.84. The molecule has 28 heavy (non-hydrogen) atoms. The van der Waals surface area contributed by atoms with Crippen LogP contribution in [0.3, 0.4) is 0 Å². The zero-order valence-corrected chi connectivity index (χ0v) is 15.5. The first-order valence-corrected chi connectivity index (χ1v) is 8.95. The van der Waals surface area contributed by atoms with Gasteiger partial charge in [0.05, 0.1) is 5.56 Å². The first kappa shape index (κ1) is 19.7. The van der Waals surface area contributed by atoms with Gasteiger partial charge in [-0.1, -0.05) is 49.5 Å². The summed E-state index contributed by atoms with van der Waals surface area (Å²) >= 11 is 0. The van der Waals surface area contributed by atoms with Gasteiger partial charge in [-0.05, 0) is 59.9 Å². The summed E-state index contributed by atoms with van der Waals surface area (Å²) < 4.78 is 54.2. The van der Waals surface area contributed by atoms with Gasteiger partial charge >= 0.3 is 0 Å². The van der Waals surface area contributed by atoms with Gasteiger partial charge in [-0.15, -0.1) is 0 Å². The van der Waals surface area contributed by atoms with Crippen LogP contribution in [0, 0.1) is 42.0 Å². The Labute approximate surface area is 161 Å². The molecule has 0 aromatic heterocycles. The molecule has 0 nitrogen and oxygen atoms in total. The second-order valence-corrected chi connectivity index (χ2v) is 6.60. The van der Waals surface area contributed by atoms with Crippen molar-refractivity contribution in [3.05, 3.63) is 94.1 Å². The molecule has 0 heterocycles. The highest BCUT2D eigenvalue weighted by Gasteiger charge is 2.11. The fraction of sp³-hybridized carbons (Fsp3) is 0.167. The molecule has 0 fully saturated rings. The number of halogens is 4. The first-order valence-electron chi connectivity index (χ1n) is 8.95. The minimum atomic E-state index is -1.55. The van der Waals surface area contributed by atoms with Crippen LogP contribution in [0.1, 0.15) is 35.6 Å². The van der Waals surface area contributed by atoms with Gasteiger partial charge in [0.2, 0.25) is 0 Å². The Morgan fingerprint density at radius 3 is 1.96 bits per heavy atom. The van der Waals surface area contributed by atoms with Gasteiger partial charge in [0.15, 0.2) is 17.5 Å². The standard InChI is InChI=1S/C24H18F4/c1-3-4-16-5-8-18(9-6-16)19-11-15(2)20(21(25)14-19)10-7-17-12-22(26)24(28)23(27)13-17/h5-6,8-9,11-14H,3-4H2,1-2H3. The predicted molar refractivity (Wildman–Crippen MR) is 103 cm³/mol. The van der Waals surface area contributed by atoms with Gasteiger partial charge in [0, 0.05) is 5.56 Å². The van der Waals surface area contributed by atoms with Gasteiger partial charge in [-0.3, -0.25) is 0 Å². The molecule has 4 heteroatoms. The SMILES string of the molecule is CCCc1ccc(-c2cc(C)c(C#Cc3cc(F)c(F)c(F)c3)c(F)c2)cc1. The molecular formula is C24H18F4. The lowest BCUT2D eigenvalue weighted by atomic mass is 9.98. The van der Waals surface area contributed by atoms with E-state index in [1.807, 2.05) is 30.3 Å². The van der Waals surface area contributed by atoms with Crippen LogP contribution < -0.4 is 0 Å². The molecule has 142 valence electrons. The van der Waals surface area contributed by atoms with E-state index in [4.69, 9.17) is 0 Å². The van der Waals surface area contributed by atoms with E-state index in [1.165, 1.54) is 11.6 Å². The van der Waals surface area contributed by atoms with Gasteiger partial charge < -0.3 is 0 Å². The van der Waals surface area contributed by atoms with Crippen LogP contribution >= 0.6 is 0 Å². The molecular weight excluding hydrogens is 364 g/mol. The minimum absolute atomic E-state index is 0.0641. The first-order chi connectivity index (χ1) is 13.4. The van der Waals surface area contributed by atoms with Crippen LogP contribution in [0.25, 0.3) is 11.1 Å². The molecule has 0 saturated heterocycles. The molecule has 0 atom stereocenters. The molecule has 0 amide bonds. The van der Waals surface area contributed by atoms with Gasteiger partial charge in [-0.25, -0.2) is 17.6 Å². The van der Waals surface area contributed by atoms with Gasteiger partial charge in [0.25, 0.3) is 0 Å². The van der Waals surface area contributed by atoms with E-state index in [0.29, 0.717) is 5.56 Å². The largest absolute Gasteiger partial charge is 0.206 e. The highest BCUT2D eigenvalue weighted by molar-refractivity contribution is 5.66. The average molecular weight is 382 g/mol. The van der Waals surface area contributed by atoms with Crippen molar-refractivity contribution in [3.8, 4) is 23.0 Å². The van der Waals surface area contributed by atoms with Crippen LogP contribution in [-0.4, -0.2) is 0 Å². The topological polar surface area (TPSA) is 0 Å². The molecule has 0 saturated carbocycles. The second-order valence-electron chi connectivity index (χ2n) is 6.60. The van der Waals surface area contributed by atoms with E-state index in [9.17, 15) is 17.6 Å². The maximum atomic E-state index is 14.6. The van der Waals surface area contributed by atoms with Crippen molar-refractivity contribution in [2.45, 2.75) is 26.7 Å². The Hall–Kier alpha value is -3.06. The highest BCUT2D eigenvalue weighted by atomic mass is 19.2. The van der Waals surface area contributed by atoms with E-state index in [1.54, 1.807) is 6.92 Å². The molecule has 3 aromatic rings. The Morgan fingerprint density at radius 2 is 1.39 bits per heavy atom. The lowest BCUT2D eigenvalue weighted by molar-refractivity contribution is 0.446. The molecule has 3 rings (SSSR count). The maximum Gasteiger partial charge on any atom is 0.194 e. The third kappa shape index (κ3) is 4.26. The number of rotatable bonds is 3. The second kappa shape index (κ2) is 8.31. The van der Waals surface area contributed by atoms with Crippen molar-refractivity contribution < 1.29 is 17.6 Å². The van der Waals surface area contributed by atoms with E-state index in [-0.39, 0.29) is 11.1 Å². The summed E-state index contributed by atoms with van der Waals surface area (Å²) in [6.07, 6.45) is 2.05. The fourth-order valence-electron chi connectivity index (χ4n) is 2.98. The predicted octanol–water partition coefficient (Wildman–Crippen LogP) is 6.57. The molecule has 0 spiro atoms. The summed E-state index contributed by atoms with van der Waals surface area (Å²) in [5.41, 5.74) is 3.52. The lowest BCUT2D eigenvalue weighted by Gasteiger charge is -2.08. The summed E-state index contributed by atoms with van der Waals surface area (Å²) in [5.74, 6) is 0.352. The summed E-state index contributed by atoms with van der Waals surface area (Å²) in [7, 11) is 0. The van der Waals surface area contributed by atoms with Crippen molar-refractivity contribution in [2.24, 2.45) is 0 Å². The van der Waals surface area contributed by atoms with Gasteiger partial charge in [0.1, 0.15) is 5.82 Å². The molecule has 0 aliphatic rings. The fourth-order valence-corrected chi connectivity index (χ4v) is 2.98. The molecule has 3 aromatic carbocycles. The van der Waals surface area contributed by atoms with Crippen LogP contribution in [-0.2, 0) is 6.42 Å². The van der Waals surface area contributed by atoms with Crippen LogP contribution in [0.5, 0.6) is 0 Å². The summed E-state index contributed by atoms with van der Waals surface area (Å²) in [4.78, 5) is 0. The zero-order valence-electron chi connectivity index (χ0n) is 15.5. The Balaban J connectivity index is 1.93.